The second kappa shape index (κ2) is 5.27. The van der Waals surface area contributed by atoms with E-state index in [-0.39, 0.29) is 27.0 Å². The predicted octanol–water partition coefficient (Wildman–Crippen LogP) is 2.42. The van der Waals surface area contributed by atoms with E-state index < -0.39 is 5.91 Å². The van der Waals surface area contributed by atoms with E-state index >= 15 is 0 Å². The van der Waals surface area contributed by atoms with Gasteiger partial charge in [-0.05, 0) is 12.5 Å². The fourth-order valence-corrected chi connectivity index (χ4v) is 1.75. The minimum absolute atomic E-state index is 0.0227. The van der Waals surface area contributed by atoms with Crippen molar-refractivity contribution in [2.24, 2.45) is 0 Å². The summed E-state index contributed by atoms with van der Waals surface area (Å²) in [7, 11) is 0. The van der Waals surface area contributed by atoms with Gasteiger partial charge in [-0.15, -0.1) is 0 Å². The van der Waals surface area contributed by atoms with Gasteiger partial charge in [0.25, 0.3) is 5.91 Å². The first-order valence-corrected chi connectivity index (χ1v) is 5.49. The summed E-state index contributed by atoms with van der Waals surface area (Å²) in [5, 5.41) is 12.3. The Morgan fingerprint density at radius 1 is 1.50 bits per heavy atom. The number of rotatable bonds is 3. The Morgan fingerprint density at radius 3 is 2.69 bits per heavy atom. The lowest BCUT2D eigenvalue weighted by Gasteiger charge is -2.11. The number of anilines is 1. The molecule has 0 heterocycles. The van der Waals surface area contributed by atoms with Crippen molar-refractivity contribution in [1.82, 2.24) is 5.32 Å². The molecule has 0 saturated carbocycles. The minimum Gasteiger partial charge on any atom is -0.504 e. The molecule has 0 spiro atoms. The number of nitrogens with one attached hydrogen (secondary N) is 1. The Kier molecular flexibility index (Phi) is 4.26. The SMILES string of the molecule is CCCNC(=O)c1c(Cl)cc(Cl)c(O)c1N. The molecular weight excluding hydrogens is 251 g/mol. The van der Waals surface area contributed by atoms with Crippen LogP contribution in [0.1, 0.15) is 23.7 Å². The summed E-state index contributed by atoms with van der Waals surface area (Å²) in [5.74, 6) is -0.746. The van der Waals surface area contributed by atoms with Crippen LogP contribution >= 0.6 is 23.2 Å². The summed E-state index contributed by atoms with van der Waals surface area (Å²) in [6, 6.07) is 1.29. The van der Waals surface area contributed by atoms with E-state index in [1.807, 2.05) is 6.92 Å². The number of hydrogen-bond donors (Lipinski definition) is 3. The first-order chi connectivity index (χ1) is 7.49. The molecule has 0 aliphatic carbocycles. The molecule has 0 bridgehead atoms. The van der Waals surface area contributed by atoms with Gasteiger partial charge in [-0.3, -0.25) is 4.79 Å². The third-order valence-electron chi connectivity index (χ3n) is 2.01. The molecule has 1 aromatic rings. The maximum absolute atomic E-state index is 11.7. The van der Waals surface area contributed by atoms with Gasteiger partial charge in [0.05, 0.1) is 21.3 Å². The molecule has 0 atom stereocenters. The standard InChI is InChI=1S/C10H12Cl2N2O2/c1-2-3-14-10(16)7-5(11)4-6(12)9(15)8(7)13/h4,15H,2-3,13H2,1H3,(H,14,16). The fraction of sp³-hybridized carbons (Fsp3) is 0.300. The highest BCUT2D eigenvalue weighted by Crippen LogP contribution is 2.37. The molecule has 16 heavy (non-hydrogen) atoms. The smallest absolute Gasteiger partial charge is 0.255 e. The molecule has 0 aliphatic heterocycles. The van der Waals surface area contributed by atoms with Crippen molar-refractivity contribution in [3.05, 3.63) is 21.7 Å². The van der Waals surface area contributed by atoms with Crippen LogP contribution in [-0.2, 0) is 0 Å². The zero-order chi connectivity index (χ0) is 12.3. The molecule has 1 amide bonds. The van der Waals surface area contributed by atoms with Gasteiger partial charge in [0.1, 0.15) is 0 Å². The molecule has 1 rings (SSSR count). The van der Waals surface area contributed by atoms with Crippen molar-refractivity contribution in [3.63, 3.8) is 0 Å². The van der Waals surface area contributed by atoms with Crippen molar-refractivity contribution < 1.29 is 9.90 Å². The Morgan fingerprint density at radius 2 is 2.12 bits per heavy atom. The number of nitrogens with two attached hydrogens (primary N) is 1. The summed E-state index contributed by atoms with van der Waals surface area (Å²) in [4.78, 5) is 11.7. The number of benzene rings is 1. The maximum atomic E-state index is 11.7. The van der Waals surface area contributed by atoms with Crippen molar-refractivity contribution in [2.75, 3.05) is 12.3 Å². The number of aromatic hydroxyl groups is 1. The molecule has 0 aliphatic rings. The van der Waals surface area contributed by atoms with Gasteiger partial charge in [0.15, 0.2) is 5.75 Å². The van der Waals surface area contributed by atoms with Crippen LogP contribution < -0.4 is 11.1 Å². The largest absolute Gasteiger partial charge is 0.504 e. The van der Waals surface area contributed by atoms with Crippen LogP contribution in [0.25, 0.3) is 0 Å². The predicted molar refractivity (Wildman–Crippen MR) is 65.2 cm³/mol. The van der Waals surface area contributed by atoms with Gasteiger partial charge in [0.2, 0.25) is 0 Å². The summed E-state index contributed by atoms with van der Waals surface area (Å²) in [5.41, 5.74) is 5.52. The van der Waals surface area contributed by atoms with E-state index in [1.54, 1.807) is 0 Å². The first-order valence-electron chi connectivity index (χ1n) is 4.73. The van der Waals surface area contributed by atoms with Crippen molar-refractivity contribution in [1.29, 1.82) is 0 Å². The summed E-state index contributed by atoms with van der Waals surface area (Å²) < 4.78 is 0. The minimum atomic E-state index is -0.420. The quantitative estimate of drug-likeness (QED) is 0.579. The second-order valence-corrected chi connectivity index (χ2v) is 4.05. The highest BCUT2D eigenvalue weighted by molar-refractivity contribution is 6.38. The molecule has 0 fully saturated rings. The Bertz CT molecular complexity index is 422. The lowest BCUT2D eigenvalue weighted by molar-refractivity contribution is 0.0954. The van der Waals surface area contributed by atoms with E-state index in [0.717, 1.165) is 6.42 Å². The summed E-state index contributed by atoms with van der Waals surface area (Å²) >= 11 is 11.5. The molecule has 88 valence electrons. The van der Waals surface area contributed by atoms with Crippen LogP contribution in [-0.4, -0.2) is 17.6 Å². The van der Waals surface area contributed by atoms with Gasteiger partial charge in [-0.2, -0.15) is 0 Å². The average molecular weight is 263 g/mol. The number of halogens is 2. The number of phenolic OH excluding ortho intramolecular Hbond substituents is 1. The summed E-state index contributed by atoms with van der Waals surface area (Å²) in [6.07, 6.45) is 0.794. The topological polar surface area (TPSA) is 75.3 Å². The van der Waals surface area contributed by atoms with Crippen LogP contribution in [0, 0.1) is 0 Å². The fourth-order valence-electron chi connectivity index (χ4n) is 1.19. The molecule has 0 aromatic heterocycles. The van der Waals surface area contributed by atoms with Crippen LogP contribution in [0.3, 0.4) is 0 Å². The number of amides is 1. The molecule has 6 heteroatoms. The lowest BCUT2D eigenvalue weighted by Crippen LogP contribution is -2.25. The van der Waals surface area contributed by atoms with Crippen LogP contribution in [0.2, 0.25) is 10.0 Å². The van der Waals surface area contributed by atoms with Crippen molar-refractivity contribution in [3.8, 4) is 5.75 Å². The Balaban J connectivity index is 3.13. The average Bonchev–Trinajstić information content (AvgIpc) is 2.23. The number of carbonyl (C=O) groups excluding carboxylic acids is 1. The molecular formula is C10H12Cl2N2O2. The highest BCUT2D eigenvalue weighted by Gasteiger charge is 2.19. The molecule has 4 nitrogen and oxygen atoms in total. The van der Waals surface area contributed by atoms with Crippen molar-refractivity contribution >= 4 is 34.8 Å². The zero-order valence-corrected chi connectivity index (χ0v) is 10.2. The number of hydrogen-bond acceptors (Lipinski definition) is 3. The Labute approximate surface area is 103 Å². The van der Waals surface area contributed by atoms with Crippen LogP contribution in [0.4, 0.5) is 5.69 Å². The maximum Gasteiger partial charge on any atom is 0.255 e. The van der Waals surface area contributed by atoms with E-state index in [9.17, 15) is 9.90 Å². The summed E-state index contributed by atoms with van der Waals surface area (Å²) in [6.45, 7) is 2.43. The van der Waals surface area contributed by atoms with Crippen LogP contribution in [0.5, 0.6) is 5.75 Å². The van der Waals surface area contributed by atoms with E-state index in [1.165, 1.54) is 6.07 Å². The van der Waals surface area contributed by atoms with Crippen molar-refractivity contribution in [2.45, 2.75) is 13.3 Å². The first kappa shape index (κ1) is 12.9. The molecule has 4 N–H and O–H groups in total. The second-order valence-electron chi connectivity index (χ2n) is 3.23. The van der Waals surface area contributed by atoms with Gasteiger partial charge in [0, 0.05) is 6.54 Å². The lowest BCUT2D eigenvalue weighted by atomic mass is 10.1. The van der Waals surface area contributed by atoms with Gasteiger partial charge >= 0.3 is 0 Å². The molecule has 0 radical (unpaired) electrons. The zero-order valence-electron chi connectivity index (χ0n) is 8.68. The third-order valence-corrected chi connectivity index (χ3v) is 2.59. The highest BCUT2D eigenvalue weighted by atomic mass is 35.5. The van der Waals surface area contributed by atoms with E-state index in [4.69, 9.17) is 28.9 Å². The Hall–Kier alpha value is -1.13. The molecule has 0 unspecified atom stereocenters. The normalized spacial score (nSPS) is 10.2. The number of phenols is 1. The van der Waals surface area contributed by atoms with E-state index in [0.29, 0.717) is 6.54 Å². The monoisotopic (exact) mass is 262 g/mol. The van der Waals surface area contributed by atoms with Gasteiger partial charge < -0.3 is 16.2 Å². The molecule has 0 saturated heterocycles. The van der Waals surface area contributed by atoms with E-state index in [2.05, 4.69) is 5.32 Å². The third kappa shape index (κ3) is 2.51. The van der Waals surface area contributed by atoms with Gasteiger partial charge in [-0.25, -0.2) is 0 Å². The van der Waals surface area contributed by atoms with Crippen LogP contribution in [0.15, 0.2) is 6.07 Å². The number of carbonyl (C=O) groups is 1. The number of nitrogen functional groups attached to an aromatic ring is 1. The van der Waals surface area contributed by atoms with Gasteiger partial charge in [-0.1, -0.05) is 30.1 Å². The molecule has 1 aromatic carbocycles.